The summed E-state index contributed by atoms with van der Waals surface area (Å²) in [6.07, 6.45) is 0. The maximum absolute atomic E-state index is 5.20. The van der Waals surface area contributed by atoms with Crippen molar-refractivity contribution in [1.29, 1.82) is 0 Å². The van der Waals surface area contributed by atoms with Gasteiger partial charge in [-0.1, -0.05) is 224 Å². The number of aromatic nitrogens is 2. The first-order valence-corrected chi connectivity index (χ1v) is 23.3. The van der Waals surface area contributed by atoms with E-state index < -0.39 is 5.41 Å². The minimum Gasteiger partial charge on any atom is -0.310 e. The average molecular weight is 866 g/mol. The van der Waals surface area contributed by atoms with Crippen molar-refractivity contribution in [3.8, 4) is 78.4 Å². The summed E-state index contributed by atoms with van der Waals surface area (Å²) in [7, 11) is 0. The molecular formula is C65H43N3. The maximum atomic E-state index is 5.20. The minimum atomic E-state index is -0.534. The van der Waals surface area contributed by atoms with Gasteiger partial charge < -0.3 is 4.90 Å². The molecule has 0 bridgehead atoms. The quantitative estimate of drug-likeness (QED) is 0.160. The Kier molecular flexibility index (Phi) is 9.40. The van der Waals surface area contributed by atoms with Crippen LogP contribution in [-0.2, 0) is 5.41 Å². The fourth-order valence-corrected chi connectivity index (χ4v) is 10.9. The van der Waals surface area contributed by atoms with Gasteiger partial charge in [-0.2, -0.15) is 0 Å². The Morgan fingerprint density at radius 2 is 0.676 bits per heavy atom. The highest BCUT2D eigenvalue weighted by Crippen LogP contribution is 2.63. The molecule has 0 unspecified atom stereocenters. The Morgan fingerprint density at radius 3 is 1.31 bits per heavy atom. The summed E-state index contributed by atoms with van der Waals surface area (Å²) in [5.41, 5.74) is 22.6. The van der Waals surface area contributed by atoms with Crippen LogP contribution >= 0.6 is 0 Å². The fraction of sp³-hybridized carbons (Fsp3) is 0.0154. The van der Waals surface area contributed by atoms with Crippen LogP contribution in [0.4, 0.5) is 17.1 Å². The van der Waals surface area contributed by atoms with E-state index in [1.54, 1.807) is 0 Å². The summed E-state index contributed by atoms with van der Waals surface area (Å²) in [4.78, 5) is 12.8. The van der Waals surface area contributed by atoms with Gasteiger partial charge in [0.25, 0.3) is 0 Å². The second kappa shape index (κ2) is 16.2. The Labute approximate surface area is 397 Å². The zero-order valence-corrected chi connectivity index (χ0v) is 37.2. The lowest BCUT2D eigenvalue weighted by Crippen LogP contribution is -2.36. The molecule has 2 aliphatic rings. The van der Waals surface area contributed by atoms with Crippen LogP contribution in [0.3, 0.4) is 0 Å². The predicted octanol–water partition coefficient (Wildman–Crippen LogP) is 16.6. The van der Waals surface area contributed by atoms with Crippen molar-refractivity contribution in [1.82, 2.24) is 9.97 Å². The second-order valence-electron chi connectivity index (χ2n) is 17.7. The van der Waals surface area contributed by atoms with Crippen LogP contribution in [0.5, 0.6) is 0 Å². The largest absolute Gasteiger partial charge is 0.310 e. The molecule has 1 spiro atoms. The number of hydrogen-bond acceptors (Lipinski definition) is 3. The molecule has 1 aromatic heterocycles. The molecule has 0 radical (unpaired) electrons. The number of rotatable bonds is 7. The van der Waals surface area contributed by atoms with Gasteiger partial charge in [0.15, 0.2) is 5.82 Å². The Bertz CT molecular complexity index is 3610. The van der Waals surface area contributed by atoms with E-state index in [1.807, 2.05) is 12.1 Å². The lowest BCUT2D eigenvalue weighted by atomic mass is 9.64. The lowest BCUT2D eigenvalue weighted by Gasteiger charge is -2.45. The van der Waals surface area contributed by atoms with E-state index >= 15 is 0 Å². The normalized spacial score (nSPS) is 12.8. The second-order valence-corrected chi connectivity index (χ2v) is 17.7. The monoisotopic (exact) mass is 865 g/mol. The molecule has 0 fully saturated rings. The third-order valence-corrected chi connectivity index (χ3v) is 13.9. The van der Waals surface area contributed by atoms with E-state index in [0.717, 1.165) is 39.3 Å². The van der Waals surface area contributed by atoms with E-state index in [4.69, 9.17) is 9.97 Å². The predicted molar refractivity (Wildman–Crippen MR) is 280 cm³/mol. The molecule has 10 aromatic carbocycles. The smallest absolute Gasteiger partial charge is 0.160 e. The van der Waals surface area contributed by atoms with Gasteiger partial charge in [-0.05, 0) is 103 Å². The topological polar surface area (TPSA) is 29.0 Å². The molecule has 0 saturated carbocycles. The van der Waals surface area contributed by atoms with E-state index in [2.05, 4.69) is 254 Å². The van der Waals surface area contributed by atoms with Crippen LogP contribution in [-0.4, -0.2) is 9.97 Å². The van der Waals surface area contributed by atoms with E-state index in [1.165, 1.54) is 72.6 Å². The van der Waals surface area contributed by atoms with Crippen LogP contribution in [0.25, 0.3) is 78.4 Å². The van der Waals surface area contributed by atoms with Crippen LogP contribution in [0.2, 0.25) is 0 Å². The van der Waals surface area contributed by atoms with Crippen LogP contribution in [0, 0.1) is 0 Å². The Balaban J connectivity index is 0.914. The number of nitrogens with zero attached hydrogens (tertiary/aromatic N) is 3. The highest BCUT2D eigenvalue weighted by atomic mass is 15.2. The highest BCUT2D eigenvalue weighted by molar-refractivity contribution is 5.97. The van der Waals surface area contributed by atoms with Gasteiger partial charge in [-0.15, -0.1) is 0 Å². The number of anilines is 3. The zero-order valence-electron chi connectivity index (χ0n) is 37.2. The summed E-state index contributed by atoms with van der Waals surface area (Å²) < 4.78 is 0. The highest BCUT2D eigenvalue weighted by Gasteiger charge is 2.51. The summed E-state index contributed by atoms with van der Waals surface area (Å²) in [5.74, 6) is 0.690. The SMILES string of the molecule is c1ccc(-c2ccc(-c3cc(-c4ccccc4)nc(-c4ccc(-c5ccccc5-c5ccc6c(c5)C5(c7ccccc7-6)c6ccccc6N(c6ccccc6)c6ccccc65)cc4)n3)cc2)cc1. The van der Waals surface area contributed by atoms with Crippen LogP contribution in [0.1, 0.15) is 22.3 Å². The lowest BCUT2D eigenvalue weighted by molar-refractivity contribution is 0.753. The summed E-state index contributed by atoms with van der Waals surface area (Å²) in [5, 5.41) is 0. The Morgan fingerprint density at radius 1 is 0.265 bits per heavy atom. The van der Waals surface area contributed by atoms with E-state index in [-0.39, 0.29) is 0 Å². The van der Waals surface area contributed by atoms with Crippen molar-refractivity contribution in [2.75, 3.05) is 4.90 Å². The number of hydrogen-bond donors (Lipinski definition) is 0. The summed E-state index contributed by atoms with van der Waals surface area (Å²) in [6, 6.07) is 94.2. The molecule has 0 atom stereocenters. The summed E-state index contributed by atoms with van der Waals surface area (Å²) in [6.45, 7) is 0. The average Bonchev–Trinajstić information content (AvgIpc) is 3.71. The van der Waals surface area contributed by atoms with Crippen molar-refractivity contribution >= 4 is 17.1 Å². The summed E-state index contributed by atoms with van der Waals surface area (Å²) >= 11 is 0. The molecule has 0 saturated heterocycles. The third-order valence-electron chi connectivity index (χ3n) is 13.9. The van der Waals surface area contributed by atoms with Crippen molar-refractivity contribution in [3.05, 3.63) is 283 Å². The van der Waals surface area contributed by atoms with Crippen LogP contribution in [0.15, 0.2) is 261 Å². The fourth-order valence-electron chi connectivity index (χ4n) is 10.9. The van der Waals surface area contributed by atoms with Gasteiger partial charge in [0.05, 0.1) is 28.2 Å². The number of benzene rings is 10. The first-order chi connectivity index (χ1) is 33.7. The molecule has 1 aliphatic carbocycles. The molecule has 11 aromatic rings. The third kappa shape index (κ3) is 6.35. The molecule has 318 valence electrons. The number of para-hydroxylation sites is 3. The standard InChI is InChI=1S/C65H43N3/c1-4-18-44(19-5-1)45-32-36-48(37-33-45)61-43-60(47-20-6-2-7-21-47)66-64(67-61)49-38-34-46(35-39-49)52-24-10-11-25-53(52)50-40-41-55-54-26-12-13-27-56(54)65(59(55)42-50)57-28-14-16-30-62(57)68(51-22-8-3-9-23-51)63-31-17-15-29-58(63)65/h1-43H. The molecular weight excluding hydrogens is 823 g/mol. The minimum absolute atomic E-state index is 0.534. The molecule has 3 heteroatoms. The maximum Gasteiger partial charge on any atom is 0.160 e. The van der Waals surface area contributed by atoms with E-state index in [9.17, 15) is 0 Å². The van der Waals surface area contributed by atoms with Crippen molar-refractivity contribution in [2.45, 2.75) is 5.41 Å². The molecule has 0 amide bonds. The molecule has 68 heavy (non-hydrogen) atoms. The van der Waals surface area contributed by atoms with Crippen molar-refractivity contribution < 1.29 is 0 Å². The van der Waals surface area contributed by atoms with Gasteiger partial charge in [0, 0.05) is 22.4 Å². The molecule has 2 heterocycles. The molecule has 1 aliphatic heterocycles. The molecule has 13 rings (SSSR count). The van der Waals surface area contributed by atoms with Gasteiger partial charge in [0.2, 0.25) is 0 Å². The first-order valence-electron chi connectivity index (χ1n) is 23.3. The first kappa shape index (κ1) is 39.4. The number of fused-ring (bicyclic) bond motifs is 9. The molecule has 0 N–H and O–H groups in total. The molecule has 3 nitrogen and oxygen atoms in total. The van der Waals surface area contributed by atoms with Gasteiger partial charge in [-0.3, -0.25) is 0 Å². The van der Waals surface area contributed by atoms with Crippen molar-refractivity contribution in [2.24, 2.45) is 0 Å². The van der Waals surface area contributed by atoms with Gasteiger partial charge >= 0.3 is 0 Å². The Hall–Kier alpha value is -8.92. The van der Waals surface area contributed by atoms with E-state index in [0.29, 0.717) is 5.82 Å². The van der Waals surface area contributed by atoms with Crippen LogP contribution < -0.4 is 4.90 Å². The van der Waals surface area contributed by atoms with Gasteiger partial charge in [-0.25, -0.2) is 9.97 Å². The van der Waals surface area contributed by atoms with Crippen molar-refractivity contribution in [3.63, 3.8) is 0 Å². The zero-order chi connectivity index (χ0) is 45.0. The van der Waals surface area contributed by atoms with Gasteiger partial charge in [0.1, 0.15) is 0 Å².